The molecular weight excluding hydrogens is 413 g/mol. The van der Waals surface area contributed by atoms with Crippen LogP contribution in [0.25, 0.3) is 20.8 Å². The molecule has 1 aliphatic rings. The predicted molar refractivity (Wildman–Crippen MR) is 107 cm³/mol. The Morgan fingerprint density at radius 1 is 1.17 bits per heavy atom. The number of nitrogens with zero attached hydrogens (tertiary/aromatic N) is 4. The average Bonchev–Trinajstić information content (AvgIpc) is 3.29. The Balaban J connectivity index is 1.55. The maximum atomic E-state index is 13.4. The zero-order valence-corrected chi connectivity index (χ0v) is 16.8. The fourth-order valence-electron chi connectivity index (χ4n) is 3.77. The second kappa shape index (κ2) is 6.88. The second-order valence-electron chi connectivity index (χ2n) is 7.56. The Morgan fingerprint density at radius 2 is 1.97 bits per heavy atom. The highest BCUT2D eigenvalue weighted by Gasteiger charge is 2.42. The van der Waals surface area contributed by atoms with Gasteiger partial charge in [-0.25, -0.2) is 4.98 Å². The van der Waals surface area contributed by atoms with Gasteiger partial charge < -0.3 is 9.30 Å². The topological polar surface area (TPSA) is 52.8 Å². The summed E-state index contributed by atoms with van der Waals surface area (Å²) in [5, 5.41) is 8.71. The van der Waals surface area contributed by atoms with Gasteiger partial charge in [0.1, 0.15) is 17.2 Å². The molecule has 1 fully saturated rings. The second-order valence-corrected chi connectivity index (χ2v) is 8.59. The maximum Gasteiger partial charge on any atom is 0.418 e. The number of ether oxygens (including phenoxy) is 1. The van der Waals surface area contributed by atoms with Crippen molar-refractivity contribution in [3.63, 3.8) is 0 Å². The number of aryl methyl sites for hydroxylation is 1. The molecule has 5 rings (SSSR count). The molecule has 3 heterocycles. The molecule has 0 atom stereocenters. The van der Waals surface area contributed by atoms with Gasteiger partial charge in [0.25, 0.3) is 0 Å². The van der Waals surface area contributed by atoms with E-state index in [4.69, 9.17) is 4.74 Å². The van der Waals surface area contributed by atoms with E-state index in [2.05, 4.69) is 15.2 Å². The smallest absolute Gasteiger partial charge is 0.379 e. The van der Waals surface area contributed by atoms with Crippen LogP contribution in [-0.4, -0.2) is 33.0 Å². The molecular formula is C21H17F3N4OS. The molecule has 1 aliphatic heterocycles. The van der Waals surface area contributed by atoms with E-state index in [-0.39, 0.29) is 10.9 Å². The van der Waals surface area contributed by atoms with Crippen molar-refractivity contribution in [2.24, 2.45) is 7.05 Å². The summed E-state index contributed by atoms with van der Waals surface area (Å²) in [4.78, 5) is 4.35. The van der Waals surface area contributed by atoms with Crippen molar-refractivity contribution >= 4 is 21.6 Å². The lowest BCUT2D eigenvalue weighted by atomic mass is 9.75. The number of rotatable bonds is 4. The molecule has 0 saturated carbocycles. The Hall–Kier alpha value is -2.78. The molecule has 0 N–H and O–H groups in total. The molecule has 0 amide bonds. The predicted octanol–water partition coefficient (Wildman–Crippen LogP) is 4.62. The summed E-state index contributed by atoms with van der Waals surface area (Å²) in [6.45, 7) is 1.11. The van der Waals surface area contributed by atoms with Gasteiger partial charge in [0.15, 0.2) is 0 Å². The van der Waals surface area contributed by atoms with Crippen LogP contribution >= 0.6 is 11.3 Å². The normalized spacial score (nSPS) is 16.0. The largest absolute Gasteiger partial charge is 0.418 e. The van der Waals surface area contributed by atoms with Gasteiger partial charge in [-0.2, -0.15) is 13.2 Å². The van der Waals surface area contributed by atoms with Gasteiger partial charge in [-0.3, -0.25) is 0 Å². The first kappa shape index (κ1) is 19.2. The number of alkyl halides is 3. The lowest BCUT2D eigenvalue weighted by Gasteiger charge is -2.41. The molecule has 4 aromatic rings. The Bertz CT molecular complexity index is 1230. The van der Waals surface area contributed by atoms with Crippen molar-refractivity contribution in [2.45, 2.75) is 18.0 Å². The Labute approximate surface area is 174 Å². The molecule has 2 aromatic heterocycles. The third kappa shape index (κ3) is 3.18. The SMILES string of the molecule is Cn1cnnc1CC1(c2cccc(-c3nc4c(C(F)(F)F)cccc4s3)c2)COC1. The molecule has 30 heavy (non-hydrogen) atoms. The van der Waals surface area contributed by atoms with Crippen LogP contribution in [0.1, 0.15) is 17.0 Å². The molecule has 9 heteroatoms. The molecule has 0 aliphatic carbocycles. The average molecular weight is 430 g/mol. The van der Waals surface area contributed by atoms with E-state index in [1.807, 2.05) is 35.9 Å². The van der Waals surface area contributed by atoms with Crippen molar-refractivity contribution in [3.8, 4) is 10.6 Å². The Kier molecular flexibility index (Phi) is 4.41. The third-order valence-corrected chi connectivity index (χ3v) is 6.57. The van der Waals surface area contributed by atoms with E-state index < -0.39 is 11.7 Å². The number of halogens is 3. The molecule has 154 valence electrons. The number of hydrogen-bond acceptors (Lipinski definition) is 5. The van der Waals surface area contributed by atoms with Gasteiger partial charge in [-0.15, -0.1) is 21.5 Å². The molecule has 1 saturated heterocycles. The fourth-order valence-corrected chi connectivity index (χ4v) is 4.76. The van der Waals surface area contributed by atoms with Crippen molar-refractivity contribution < 1.29 is 17.9 Å². The monoisotopic (exact) mass is 430 g/mol. The van der Waals surface area contributed by atoms with Gasteiger partial charge in [0, 0.05) is 24.4 Å². The van der Waals surface area contributed by atoms with Gasteiger partial charge in [-0.1, -0.05) is 24.3 Å². The summed E-state index contributed by atoms with van der Waals surface area (Å²) in [6.07, 6.45) is -2.10. The minimum absolute atomic E-state index is 0.00354. The molecule has 0 unspecified atom stereocenters. The number of hydrogen-bond donors (Lipinski definition) is 0. The fraction of sp³-hybridized carbons (Fsp3) is 0.286. The van der Waals surface area contributed by atoms with Crippen molar-refractivity contribution in [2.75, 3.05) is 13.2 Å². The zero-order valence-electron chi connectivity index (χ0n) is 16.0. The van der Waals surface area contributed by atoms with Gasteiger partial charge in [0.2, 0.25) is 0 Å². The van der Waals surface area contributed by atoms with Crippen LogP contribution in [0.15, 0.2) is 48.8 Å². The first-order chi connectivity index (χ1) is 14.4. The summed E-state index contributed by atoms with van der Waals surface area (Å²) in [5.74, 6) is 0.860. The summed E-state index contributed by atoms with van der Waals surface area (Å²) in [7, 11) is 1.90. The van der Waals surface area contributed by atoms with E-state index >= 15 is 0 Å². The van der Waals surface area contributed by atoms with Gasteiger partial charge in [0.05, 0.1) is 29.0 Å². The van der Waals surface area contributed by atoms with Gasteiger partial charge >= 0.3 is 6.18 Å². The minimum atomic E-state index is -4.43. The number of fused-ring (bicyclic) bond motifs is 1. The summed E-state index contributed by atoms with van der Waals surface area (Å²) in [6, 6.07) is 12.0. The summed E-state index contributed by atoms with van der Waals surface area (Å²) in [5.41, 5.74) is 0.918. The molecule has 0 spiro atoms. The van der Waals surface area contributed by atoms with Gasteiger partial charge in [-0.05, 0) is 23.8 Å². The first-order valence-electron chi connectivity index (χ1n) is 9.34. The highest BCUT2D eigenvalue weighted by atomic mass is 32.1. The molecule has 0 bridgehead atoms. The highest BCUT2D eigenvalue weighted by molar-refractivity contribution is 7.21. The van der Waals surface area contributed by atoms with E-state index in [0.29, 0.717) is 29.3 Å². The van der Waals surface area contributed by atoms with E-state index in [9.17, 15) is 13.2 Å². The zero-order chi connectivity index (χ0) is 20.9. The van der Waals surface area contributed by atoms with Crippen LogP contribution in [0, 0.1) is 0 Å². The van der Waals surface area contributed by atoms with E-state index in [1.165, 1.54) is 17.4 Å². The molecule has 0 radical (unpaired) electrons. The molecule has 2 aromatic carbocycles. The van der Waals surface area contributed by atoms with Crippen molar-refractivity contribution in [3.05, 3.63) is 65.7 Å². The minimum Gasteiger partial charge on any atom is -0.379 e. The van der Waals surface area contributed by atoms with Crippen molar-refractivity contribution in [1.82, 2.24) is 19.7 Å². The molecule has 5 nitrogen and oxygen atoms in total. The number of benzene rings is 2. The van der Waals surface area contributed by atoms with Crippen LogP contribution in [0.4, 0.5) is 13.2 Å². The van der Waals surface area contributed by atoms with Crippen LogP contribution in [0.2, 0.25) is 0 Å². The van der Waals surface area contributed by atoms with Crippen LogP contribution < -0.4 is 0 Å². The third-order valence-electron chi connectivity index (χ3n) is 5.50. The van der Waals surface area contributed by atoms with Crippen molar-refractivity contribution in [1.29, 1.82) is 0 Å². The summed E-state index contributed by atoms with van der Waals surface area (Å²) < 4.78 is 48.0. The lowest BCUT2D eigenvalue weighted by molar-refractivity contribution is -0.136. The number of aromatic nitrogens is 4. The first-order valence-corrected chi connectivity index (χ1v) is 10.2. The summed E-state index contributed by atoms with van der Waals surface area (Å²) >= 11 is 1.26. The standard InChI is InChI=1S/C21H17F3N4OS/c1-28-12-25-27-17(28)9-20(10-29-11-20)14-5-2-4-13(8-14)19-26-18-15(21(22,23)24)6-3-7-16(18)30-19/h2-8,12H,9-11H2,1H3. The lowest BCUT2D eigenvalue weighted by Crippen LogP contribution is -2.49. The highest BCUT2D eigenvalue weighted by Crippen LogP contribution is 2.41. The maximum absolute atomic E-state index is 13.4. The number of thiazole rings is 1. The quantitative estimate of drug-likeness (QED) is 0.474. The van der Waals surface area contributed by atoms with E-state index in [1.54, 1.807) is 12.4 Å². The van der Waals surface area contributed by atoms with E-state index in [0.717, 1.165) is 23.0 Å². The number of para-hydroxylation sites is 1. The van der Waals surface area contributed by atoms with Crippen LogP contribution in [0.3, 0.4) is 0 Å². The van der Waals surface area contributed by atoms with Crippen LogP contribution in [0.5, 0.6) is 0 Å². The Morgan fingerprint density at radius 3 is 2.63 bits per heavy atom. The van der Waals surface area contributed by atoms with Crippen LogP contribution in [-0.2, 0) is 29.8 Å².